The summed E-state index contributed by atoms with van der Waals surface area (Å²) in [6, 6.07) is 2.87. The molecule has 0 spiro atoms. The quantitative estimate of drug-likeness (QED) is 0.609. The maximum atomic E-state index is 14.9. The van der Waals surface area contributed by atoms with Gasteiger partial charge in [-0.1, -0.05) is 24.3 Å². The van der Waals surface area contributed by atoms with Crippen LogP contribution in [0.2, 0.25) is 5.02 Å². The van der Waals surface area contributed by atoms with Crippen LogP contribution in [0.25, 0.3) is 17.5 Å². The van der Waals surface area contributed by atoms with Crippen molar-refractivity contribution in [3.8, 4) is 11.4 Å². The topological polar surface area (TPSA) is 98.4 Å². The molecule has 1 heterocycles. The van der Waals surface area contributed by atoms with E-state index in [9.17, 15) is 14.0 Å². The Morgan fingerprint density at radius 2 is 2.12 bits per heavy atom. The molecule has 0 aliphatic heterocycles. The molecule has 1 aromatic carbocycles. The predicted octanol–water partition coefficient (Wildman–Crippen LogP) is 2.58. The number of ether oxygens (including phenoxy) is 1. The largest absolute Gasteiger partial charge is 0.453 e. The van der Waals surface area contributed by atoms with Crippen LogP contribution in [0.1, 0.15) is 16.1 Å². The lowest BCUT2D eigenvalue weighted by Gasteiger charge is -2.17. The lowest BCUT2D eigenvalue weighted by atomic mass is 10.1. The molecular weight excluding hydrogens is 363 g/mol. The smallest absolute Gasteiger partial charge is 0.358 e. The summed E-state index contributed by atoms with van der Waals surface area (Å²) in [5.74, 6) is -1.77. The van der Waals surface area contributed by atoms with Crippen molar-refractivity contribution in [3.05, 3.63) is 40.8 Å². The van der Waals surface area contributed by atoms with Gasteiger partial charge in [0.2, 0.25) is 0 Å². The first kappa shape index (κ1) is 19.3. The lowest BCUT2D eigenvalue weighted by Crippen LogP contribution is -2.15. The molecule has 0 unspecified atom stereocenters. The van der Waals surface area contributed by atoms with Crippen LogP contribution in [-0.2, 0) is 9.53 Å². The van der Waals surface area contributed by atoms with Crippen LogP contribution < -0.4 is 10.6 Å². The van der Waals surface area contributed by atoms with Gasteiger partial charge in [-0.2, -0.15) is 0 Å². The Bertz CT molecular complexity index is 887. The fourth-order valence-corrected chi connectivity index (χ4v) is 2.58. The molecule has 26 heavy (non-hydrogen) atoms. The van der Waals surface area contributed by atoms with Crippen LogP contribution in [0.3, 0.4) is 0 Å². The number of carbonyl (C=O) groups is 2. The average molecular weight is 379 g/mol. The van der Waals surface area contributed by atoms with Crippen molar-refractivity contribution in [2.24, 2.45) is 0 Å². The molecule has 1 aromatic heterocycles. The van der Waals surface area contributed by atoms with Gasteiger partial charge in [-0.15, -0.1) is 0 Å². The fraction of sp³-hybridized carbons (Fsp3) is 0.176. The number of benzene rings is 1. The first-order valence-electron chi connectivity index (χ1n) is 7.38. The number of halogens is 2. The second-order valence-corrected chi connectivity index (χ2v) is 5.72. The minimum Gasteiger partial charge on any atom is -0.453 e. The maximum Gasteiger partial charge on any atom is 0.358 e. The minimum atomic E-state index is -0.899. The van der Waals surface area contributed by atoms with Gasteiger partial charge in [-0.3, -0.25) is 4.79 Å². The van der Waals surface area contributed by atoms with E-state index in [1.54, 1.807) is 14.1 Å². The van der Waals surface area contributed by atoms with Crippen LogP contribution in [0.4, 0.5) is 15.9 Å². The van der Waals surface area contributed by atoms with E-state index >= 15 is 0 Å². The van der Waals surface area contributed by atoms with E-state index in [0.29, 0.717) is 6.29 Å². The van der Waals surface area contributed by atoms with Gasteiger partial charge in [0.15, 0.2) is 23.6 Å². The molecule has 7 nitrogen and oxygen atoms in total. The number of nitrogen functional groups attached to an aromatic ring is 1. The molecule has 0 bridgehead atoms. The third kappa shape index (κ3) is 3.65. The summed E-state index contributed by atoms with van der Waals surface area (Å²) in [7, 11) is 3.26. The number of rotatable bonds is 6. The van der Waals surface area contributed by atoms with Gasteiger partial charge >= 0.3 is 5.97 Å². The predicted molar refractivity (Wildman–Crippen MR) is 97.6 cm³/mol. The zero-order chi connectivity index (χ0) is 19.4. The van der Waals surface area contributed by atoms with Gasteiger partial charge in [0.25, 0.3) is 0 Å². The van der Waals surface area contributed by atoms with E-state index in [1.807, 2.05) is 0 Å². The molecule has 0 aliphatic rings. The second kappa shape index (κ2) is 7.92. The molecule has 9 heteroatoms. The Morgan fingerprint density at radius 1 is 1.42 bits per heavy atom. The number of aldehydes is 1. The maximum absolute atomic E-state index is 14.9. The molecule has 0 fully saturated rings. The first-order chi connectivity index (χ1) is 12.3. The highest BCUT2D eigenvalue weighted by Crippen LogP contribution is 2.34. The zero-order valence-electron chi connectivity index (χ0n) is 14.1. The standard InChI is InChI=1S/C17H16ClFN4O3/c1-4-9-13(17(25)26-8-7-24)21-16(22-15(9)20)10-5-6-11(18)14(12(10)19)23(2)3/h4-7H,1,8H2,2-3H3,(H2,20,21,22). The summed E-state index contributed by atoms with van der Waals surface area (Å²) < 4.78 is 19.6. The van der Waals surface area contributed by atoms with Gasteiger partial charge in [0.05, 0.1) is 16.3 Å². The van der Waals surface area contributed by atoms with Gasteiger partial charge in [0.1, 0.15) is 12.4 Å². The number of aromatic nitrogens is 2. The molecule has 2 aromatic rings. The molecule has 0 radical (unpaired) electrons. The van der Waals surface area contributed by atoms with Gasteiger partial charge in [-0.05, 0) is 12.1 Å². The van der Waals surface area contributed by atoms with Gasteiger partial charge in [0, 0.05) is 19.7 Å². The van der Waals surface area contributed by atoms with Crippen LogP contribution in [-0.4, -0.2) is 42.9 Å². The molecule has 0 saturated heterocycles. The Balaban J connectivity index is 2.67. The van der Waals surface area contributed by atoms with E-state index in [-0.39, 0.29) is 39.2 Å². The second-order valence-electron chi connectivity index (χ2n) is 5.32. The summed E-state index contributed by atoms with van der Waals surface area (Å²) in [6.07, 6.45) is 1.69. The zero-order valence-corrected chi connectivity index (χ0v) is 14.9. The molecule has 0 saturated carbocycles. The Labute approximate surface area is 154 Å². The summed E-state index contributed by atoms with van der Waals surface area (Å²) in [4.78, 5) is 32.2. The summed E-state index contributed by atoms with van der Waals surface area (Å²) in [5.41, 5.74) is 5.92. The third-order valence-corrected chi connectivity index (χ3v) is 3.72. The van der Waals surface area contributed by atoms with Crippen molar-refractivity contribution in [3.63, 3.8) is 0 Å². The SMILES string of the molecule is C=Cc1c(N)nc(-c2ccc(Cl)c(N(C)C)c2F)nc1C(=O)OCC=O. The number of hydrogen-bond donors (Lipinski definition) is 1. The van der Waals surface area contributed by atoms with Crippen molar-refractivity contribution in [1.82, 2.24) is 9.97 Å². The summed E-state index contributed by atoms with van der Waals surface area (Å²) in [6.45, 7) is 3.10. The number of anilines is 2. The molecule has 136 valence electrons. The Hall–Kier alpha value is -3.00. The van der Waals surface area contributed by atoms with Crippen LogP contribution >= 0.6 is 11.6 Å². The van der Waals surface area contributed by atoms with Crippen molar-refractivity contribution in [2.75, 3.05) is 31.3 Å². The highest BCUT2D eigenvalue weighted by atomic mass is 35.5. The number of hydrogen-bond acceptors (Lipinski definition) is 7. The summed E-state index contributed by atoms with van der Waals surface area (Å²) in [5, 5.41) is 0.206. The normalized spacial score (nSPS) is 10.3. The monoisotopic (exact) mass is 378 g/mol. The first-order valence-corrected chi connectivity index (χ1v) is 7.76. The third-order valence-electron chi connectivity index (χ3n) is 3.41. The fourth-order valence-electron chi connectivity index (χ4n) is 2.27. The molecule has 0 atom stereocenters. The number of nitrogens with zero attached hydrogens (tertiary/aromatic N) is 3. The molecule has 2 rings (SSSR count). The number of carbonyl (C=O) groups excluding carboxylic acids is 2. The Kier molecular flexibility index (Phi) is 5.89. The molecular formula is C17H16ClFN4O3. The van der Waals surface area contributed by atoms with E-state index in [2.05, 4.69) is 16.5 Å². The molecule has 2 N–H and O–H groups in total. The number of esters is 1. The van der Waals surface area contributed by atoms with E-state index in [1.165, 1.54) is 23.1 Å². The van der Waals surface area contributed by atoms with Crippen molar-refractivity contribution >= 4 is 41.4 Å². The van der Waals surface area contributed by atoms with E-state index < -0.39 is 18.4 Å². The molecule has 0 amide bonds. The van der Waals surface area contributed by atoms with E-state index in [0.717, 1.165) is 0 Å². The van der Waals surface area contributed by atoms with Crippen LogP contribution in [0, 0.1) is 5.82 Å². The minimum absolute atomic E-state index is 0.00449. The molecule has 0 aliphatic carbocycles. The van der Waals surface area contributed by atoms with Crippen molar-refractivity contribution < 1.29 is 18.7 Å². The summed E-state index contributed by atoms with van der Waals surface area (Å²) >= 11 is 6.03. The lowest BCUT2D eigenvalue weighted by molar-refractivity contribution is -0.110. The van der Waals surface area contributed by atoms with Gasteiger partial charge < -0.3 is 15.4 Å². The van der Waals surface area contributed by atoms with Crippen molar-refractivity contribution in [2.45, 2.75) is 0 Å². The highest BCUT2D eigenvalue weighted by molar-refractivity contribution is 6.33. The average Bonchev–Trinajstić information content (AvgIpc) is 2.58. The van der Waals surface area contributed by atoms with Gasteiger partial charge in [-0.25, -0.2) is 19.2 Å². The van der Waals surface area contributed by atoms with Crippen LogP contribution in [0.5, 0.6) is 0 Å². The number of nitrogens with two attached hydrogens (primary N) is 1. The van der Waals surface area contributed by atoms with Crippen LogP contribution in [0.15, 0.2) is 18.7 Å². The Morgan fingerprint density at radius 3 is 2.69 bits per heavy atom. The highest BCUT2D eigenvalue weighted by Gasteiger charge is 2.22. The van der Waals surface area contributed by atoms with E-state index in [4.69, 9.17) is 22.1 Å². The van der Waals surface area contributed by atoms with Crippen molar-refractivity contribution in [1.29, 1.82) is 0 Å².